The van der Waals surface area contributed by atoms with Crippen molar-refractivity contribution < 1.29 is 9.90 Å². The van der Waals surface area contributed by atoms with Crippen molar-refractivity contribution in [3.05, 3.63) is 35.8 Å². The fraction of sp³-hybridized carbons (Fsp3) is 0.579. The lowest BCUT2D eigenvalue weighted by Crippen LogP contribution is -2.53. The summed E-state index contributed by atoms with van der Waals surface area (Å²) in [4.78, 5) is 20.0. The van der Waals surface area contributed by atoms with Crippen molar-refractivity contribution in [1.29, 1.82) is 0 Å². The average Bonchev–Trinajstić information content (AvgIpc) is 2.97. The van der Waals surface area contributed by atoms with E-state index in [2.05, 4.69) is 18.8 Å². The number of carbonyl (C=O) groups excluding carboxylic acids is 1. The lowest BCUT2D eigenvalue weighted by atomic mass is 9.59. The zero-order valence-electron chi connectivity index (χ0n) is 15.0. The van der Waals surface area contributed by atoms with E-state index in [-0.39, 0.29) is 5.57 Å². The standard InChI is InChI=1S/C19H28N4O2/c1-12-6-18(7-13(2)9-19(25,8-12)11-18)23-16(14(10-20)17(21)24)15-4-3-5-22-15/h3-5,10,12-13,22,25H,6-9,11,20H2,1-2H3,(H2,21,24)/t12-,13+,18?,19?. The predicted molar refractivity (Wildman–Crippen MR) is 97.9 cm³/mol. The van der Waals surface area contributed by atoms with Crippen LogP contribution in [0.5, 0.6) is 0 Å². The molecular weight excluding hydrogens is 316 g/mol. The van der Waals surface area contributed by atoms with Gasteiger partial charge in [-0.2, -0.15) is 0 Å². The molecule has 2 aliphatic carbocycles. The molecule has 4 atom stereocenters. The third kappa shape index (κ3) is 3.49. The molecule has 136 valence electrons. The summed E-state index contributed by atoms with van der Waals surface area (Å²) >= 11 is 0. The number of fused-ring (bicyclic) bond motifs is 2. The van der Waals surface area contributed by atoms with Crippen LogP contribution in [0.3, 0.4) is 0 Å². The Morgan fingerprint density at radius 3 is 2.44 bits per heavy atom. The summed E-state index contributed by atoms with van der Waals surface area (Å²) in [5.41, 5.74) is 11.6. The summed E-state index contributed by atoms with van der Waals surface area (Å²) in [6.07, 6.45) is 7.02. The molecule has 2 aliphatic rings. The number of carbonyl (C=O) groups is 1. The number of aromatic nitrogens is 1. The number of aliphatic hydroxyl groups is 1. The number of aliphatic imine (C=N–C) groups is 1. The quantitative estimate of drug-likeness (QED) is 0.493. The van der Waals surface area contributed by atoms with Crippen molar-refractivity contribution >= 4 is 11.6 Å². The molecule has 1 heterocycles. The van der Waals surface area contributed by atoms with Crippen molar-refractivity contribution in [2.24, 2.45) is 28.3 Å². The summed E-state index contributed by atoms with van der Waals surface area (Å²) < 4.78 is 0. The van der Waals surface area contributed by atoms with E-state index < -0.39 is 17.0 Å². The lowest BCUT2D eigenvalue weighted by Gasteiger charge is -2.52. The Morgan fingerprint density at radius 2 is 1.96 bits per heavy atom. The van der Waals surface area contributed by atoms with Crippen LogP contribution in [0.2, 0.25) is 0 Å². The van der Waals surface area contributed by atoms with E-state index in [4.69, 9.17) is 16.5 Å². The summed E-state index contributed by atoms with van der Waals surface area (Å²) in [5.74, 6) is 0.146. The van der Waals surface area contributed by atoms with Gasteiger partial charge in [-0.15, -0.1) is 0 Å². The summed E-state index contributed by atoms with van der Waals surface area (Å²) in [7, 11) is 0. The number of rotatable bonds is 4. The number of hydrogen-bond acceptors (Lipinski definition) is 4. The molecule has 1 amide bonds. The first-order valence-electron chi connectivity index (χ1n) is 8.94. The van der Waals surface area contributed by atoms with Crippen molar-refractivity contribution in [2.75, 3.05) is 0 Å². The monoisotopic (exact) mass is 344 g/mol. The number of nitrogens with zero attached hydrogens (tertiary/aromatic N) is 1. The van der Waals surface area contributed by atoms with E-state index in [1.807, 2.05) is 12.1 Å². The minimum atomic E-state index is -0.682. The Hall–Kier alpha value is -2.08. The van der Waals surface area contributed by atoms with Crippen LogP contribution in [0.1, 0.15) is 51.6 Å². The number of hydrogen-bond donors (Lipinski definition) is 4. The maximum Gasteiger partial charge on any atom is 0.252 e. The second-order valence-corrected chi connectivity index (χ2v) is 8.14. The fourth-order valence-corrected chi connectivity index (χ4v) is 5.20. The SMILES string of the molecule is C[C@@H]1CC2(O)C[C@H](C)CC(N=C(C(=CN)C(N)=O)c3ccc[nH]3)(C1)C2. The molecule has 0 aliphatic heterocycles. The van der Waals surface area contributed by atoms with Crippen LogP contribution >= 0.6 is 0 Å². The van der Waals surface area contributed by atoms with Gasteiger partial charge in [-0.1, -0.05) is 13.8 Å². The second-order valence-electron chi connectivity index (χ2n) is 8.14. The maximum absolute atomic E-state index is 11.9. The Bertz CT molecular complexity index is 691. The number of amides is 1. The molecule has 6 heteroatoms. The molecular formula is C19H28N4O2. The van der Waals surface area contributed by atoms with Crippen molar-refractivity contribution in [1.82, 2.24) is 4.98 Å². The van der Waals surface area contributed by atoms with Crippen LogP contribution in [0.25, 0.3) is 0 Å². The van der Waals surface area contributed by atoms with Gasteiger partial charge in [0, 0.05) is 18.8 Å². The van der Waals surface area contributed by atoms with Crippen LogP contribution in [0.4, 0.5) is 0 Å². The van der Waals surface area contributed by atoms with E-state index >= 15 is 0 Å². The predicted octanol–water partition coefficient (Wildman–Crippen LogP) is 1.85. The summed E-state index contributed by atoms with van der Waals surface area (Å²) in [5, 5.41) is 11.0. The van der Waals surface area contributed by atoms with Crippen LogP contribution in [-0.4, -0.2) is 32.8 Å². The van der Waals surface area contributed by atoms with Crippen molar-refractivity contribution in [3.63, 3.8) is 0 Å². The number of aromatic amines is 1. The number of nitrogens with two attached hydrogens (primary N) is 2. The van der Waals surface area contributed by atoms with E-state index in [1.165, 1.54) is 6.20 Å². The van der Waals surface area contributed by atoms with Gasteiger partial charge in [0.15, 0.2) is 0 Å². The number of H-pyrrole nitrogens is 1. The van der Waals surface area contributed by atoms with Gasteiger partial charge >= 0.3 is 0 Å². The highest BCUT2D eigenvalue weighted by atomic mass is 16.3. The largest absolute Gasteiger partial charge is 0.404 e. The summed E-state index contributed by atoms with van der Waals surface area (Å²) in [6.45, 7) is 4.32. The molecule has 25 heavy (non-hydrogen) atoms. The van der Waals surface area contributed by atoms with Crippen molar-refractivity contribution in [3.8, 4) is 0 Å². The average molecular weight is 344 g/mol. The van der Waals surface area contributed by atoms with Gasteiger partial charge in [0.25, 0.3) is 5.91 Å². The fourth-order valence-electron chi connectivity index (χ4n) is 5.20. The first-order valence-corrected chi connectivity index (χ1v) is 8.94. The van der Waals surface area contributed by atoms with Gasteiger partial charge in [-0.25, -0.2) is 0 Å². The van der Waals surface area contributed by atoms with E-state index in [0.29, 0.717) is 29.7 Å². The minimum absolute atomic E-state index is 0.205. The van der Waals surface area contributed by atoms with Crippen LogP contribution in [-0.2, 0) is 4.79 Å². The summed E-state index contributed by atoms with van der Waals surface area (Å²) in [6, 6.07) is 3.70. The van der Waals surface area contributed by atoms with Crippen LogP contribution in [0, 0.1) is 11.8 Å². The Morgan fingerprint density at radius 1 is 1.32 bits per heavy atom. The second kappa shape index (κ2) is 6.33. The Kier molecular flexibility index (Phi) is 4.49. The third-order valence-electron chi connectivity index (χ3n) is 5.46. The molecule has 6 N–H and O–H groups in total. The number of primary amides is 1. The zero-order valence-corrected chi connectivity index (χ0v) is 15.0. The number of nitrogens with one attached hydrogen (secondary N) is 1. The van der Waals surface area contributed by atoms with Gasteiger partial charge < -0.3 is 21.6 Å². The molecule has 2 fully saturated rings. The van der Waals surface area contributed by atoms with Gasteiger partial charge in [0.1, 0.15) is 0 Å². The topological polar surface area (TPSA) is 117 Å². The molecule has 0 spiro atoms. The van der Waals surface area contributed by atoms with E-state index in [0.717, 1.165) is 25.7 Å². The van der Waals surface area contributed by atoms with Crippen LogP contribution in [0.15, 0.2) is 35.1 Å². The van der Waals surface area contributed by atoms with Crippen molar-refractivity contribution in [2.45, 2.75) is 57.1 Å². The highest BCUT2D eigenvalue weighted by Gasteiger charge is 2.51. The molecule has 2 saturated carbocycles. The highest BCUT2D eigenvalue weighted by Crippen LogP contribution is 2.51. The Balaban J connectivity index is 2.11. The molecule has 1 aromatic rings. The highest BCUT2D eigenvalue weighted by molar-refractivity contribution is 6.27. The zero-order chi connectivity index (χ0) is 18.2. The van der Waals surface area contributed by atoms with Gasteiger partial charge in [0.2, 0.25) is 0 Å². The molecule has 2 bridgehead atoms. The lowest BCUT2D eigenvalue weighted by molar-refractivity contribution is -0.114. The van der Waals surface area contributed by atoms with Gasteiger partial charge in [-0.05, 0) is 49.7 Å². The molecule has 1 aromatic heterocycles. The normalized spacial score (nSPS) is 36.3. The smallest absolute Gasteiger partial charge is 0.252 e. The van der Waals surface area contributed by atoms with Crippen LogP contribution < -0.4 is 11.5 Å². The van der Waals surface area contributed by atoms with Gasteiger partial charge in [0.05, 0.1) is 28.1 Å². The first kappa shape index (κ1) is 17.7. The molecule has 0 saturated heterocycles. The minimum Gasteiger partial charge on any atom is -0.404 e. The third-order valence-corrected chi connectivity index (χ3v) is 5.46. The molecule has 3 rings (SSSR count). The first-order chi connectivity index (χ1) is 11.8. The van der Waals surface area contributed by atoms with Gasteiger partial charge in [-0.3, -0.25) is 9.79 Å². The maximum atomic E-state index is 11.9. The van der Waals surface area contributed by atoms with E-state index in [9.17, 15) is 9.90 Å². The molecule has 6 nitrogen and oxygen atoms in total. The molecule has 0 aromatic carbocycles. The molecule has 0 radical (unpaired) electrons. The Labute approximate surface area is 148 Å². The molecule has 2 unspecified atom stereocenters. The van der Waals surface area contributed by atoms with E-state index in [1.54, 1.807) is 6.20 Å².